The van der Waals surface area contributed by atoms with Crippen LogP contribution in [0.15, 0.2) is 0 Å². The van der Waals surface area contributed by atoms with Crippen molar-refractivity contribution in [2.24, 2.45) is 11.8 Å². The van der Waals surface area contributed by atoms with Crippen LogP contribution in [0.3, 0.4) is 0 Å². The van der Waals surface area contributed by atoms with Crippen molar-refractivity contribution in [3.05, 3.63) is 0 Å². The summed E-state index contributed by atoms with van der Waals surface area (Å²) in [7, 11) is 0. The number of carbonyl (C=O) groups excluding carboxylic acids is 1. The Labute approximate surface area is 111 Å². The molecule has 7 nitrogen and oxygen atoms in total. The van der Waals surface area contributed by atoms with E-state index in [1.807, 2.05) is 6.92 Å². The monoisotopic (exact) mass is 272 g/mol. The number of hydrogen-bond acceptors (Lipinski definition) is 4. The standard InChI is InChI=1S/C12H20N2O5/c1-7-2-3-14(4-10(7)15)12(18)13-9-6-19-5-8(9)11(16)17/h7-10,15H,2-6H2,1H3,(H,13,18)(H,16,17). The highest BCUT2D eigenvalue weighted by Gasteiger charge is 2.36. The van der Waals surface area contributed by atoms with Crippen LogP contribution in [-0.4, -0.2) is 65.6 Å². The lowest BCUT2D eigenvalue weighted by atomic mass is 9.96. The van der Waals surface area contributed by atoms with E-state index >= 15 is 0 Å². The molecule has 0 radical (unpaired) electrons. The molecule has 2 heterocycles. The van der Waals surface area contributed by atoms with E-state index in [0.717, 1.165) is 6.42 Å². The number of carbonyl (C=O) groups is 2. The van der Waals surface area contributed by atoms with Gasteiger partial charge in [0.1, 0.15) is 5.92 Å². The van der Waals surface area contributed by atoms with Gasteiger partial charge in [-0.25, -0.2) is 4.79 Å². The molecule has 0 aromatic carbocycles. The maximum Gasteiger partial charge on any atom is 0.317 e. The molecular weight excluding hydrogens is 252 g/mol. The zero-order valence-corrected chi connectivity index (χ0v) is 10.9. The van der Waals surface area contributed by atoms with E-state index in [-0.39, 0.29) is 31.7 Å². The number of nitrogens with zero attached hydrogens (tertiary/aromatic N) is 1. The van der Waals surface area contributed by atoms with Crippen LogP contribution < -0.4 is 5.32 Å². The molecule has 3 N–H and O–H groups in total. The molecule has 7 heteroatoms. The van der Waals surface area contributed by atoms with Crippen LogP contribution in [0.1, 0.15) is 13.3 Å². The predicted molar refractivity (Wildman–Crippen MR) is 65.6 cm³/mol. The quantitative estimate of drug-likeness (QED) is 0.629. The number of carboxylic acid groups (broad SMARTS) is 1. The Morgan fingerprint density at radius 1 is 1.37 bits per heavy atom. The molecule has 2 fully saturated rings. The molecular formula is C12H20N2O5. The number of rotatable bonds is 2. The van der Waals surface area contributed by atoms with Crippen LogP contribution in [-0.2, 0) is 9.53 Å². The number of carboxylic acids is 1. The molecule has 2 rings (SSSR count). The van der Waals surface area contributed by atoms with E-state index in [9.17, 15) is 14.7 Å². The van der Waals surface area contributed by atoms with Gasteiger partial charge in [-0.2, -0.15) is 0 Å². The maximum atomic E-state index is 12.0. The Kier molecular flexibility index (Phi) is 4.26. The maximum absolute atomic E-state index is 12.0. The van der Waals surface area contributed by atoms with Gasteiger partial charge in [-0.3, -0.25) is 4.79 Å². The van der Waals surface area contributed by atoms with Crippen LogP contribution in [0.2, 0.25) is 0 Å². The molecule has 0 aromatic rings. The zero-order chi connectivity index (χ0) is 14.0. The second-order valence-corrected chi connectivity index (χ2v) is 5.32. The third kappa shape index (κ3) is 3.16. The molecule has 0 spiro atoms. The first-order chi connectivity index (χ1) is 8.99. The van der Waals surface area contributed by atoms with E-state index in [2.05, 4.69) is 5.32 Å². The molecule has 4 unspecified atom stereocenters. The number of β-amino-alcohol motifs (C(OH)–C–C–N with tert-alkyl or cyclic N) is 1. The van der Waals surface area contributed by atoms with Crippen molar-refractivity contribution in [2.75, 3.05) is 26.3 Å². The van der Waals surface area contributed by atoms with Crippen molar-refractivity contribution in [2.45, 2.75) is 25.5 Å². The van der Waals surface area contributed by atoms with Gasteiger partial charge in [-0.1, -0.05) is 6.92 Å². The van der Waals surface area contributed by atoms with Crippen LogP contribution >= 0.6 is 0 Å². The van der Waals surface area contributed by atoms with E-state index in [1.54, 1.807) is 0 Å². The molecule has 2 saturated heterocycles. The summed E-state index contributed by atoms with van der Waals surface area (Å²) in [4.78, 5) is 24.5. The average molecular weight is 272 g/mol. The first-order valence-corrected chi connectivity index (χ1v) is 6.53. The topological polar surface area (TPSA) is 99.1 Å². The normalized spacial score (nSPS) is 35.2. The van der Waals surface area contributed by atoms with Gasteiger partial charge in [0.15, 0.2) is 0 Å². The van der Waals surface area contributed by atoms with Crippen molar-refractivity contribution in [3.8, 4) is 0 Å². The minimum atomic E-state index is -0.963. The molecule has 2 aliphatic heterocycles. The van der Waals surface area contributed by atoms with E-state index < -0.39 is 24.0 Å². The first kappa shape index (κ1) is 14.1. The minimum absolute atomic E-state index is 0.125. The van der Waals surface area contributed by atoms with Gasteiger partial charge in [-0.05, 0) is 12.3 Å². The summed E-state index contributed by atoms with van der Waals surface area (Å²) in [6.07, 6.45) is 0.229. The lowest BCUT2D eigenvalue weighted by molar-refractivity contribution is -0.142. The zero-order valence-electron chi connectivity index (χ0n) is 10.9. The Balaban J connectivity index is 1.89. The highest BCUT2D eigenvalue weighted by Crippen LogP contribution is 2.18. The number of ether oxygens (including phenoxy) is 1. The minimum Gasteiger partial charge on any atom is -0.481 e. The van der Waals surface area contributed by atoms with E-state index in [1.165, 1.54) is 4.90 Å². The van der Waals surface area contributed by atoms with Crippen LogP contribution in [0, 0.1) is 11.8 Å². The van der Waals surface area contributed by atoms with Crippen molar-refractivity contribution in [1.29, 1.82) is 0 Å². The van der Waals surface area contributed by atoms with Gasteiger partial charge in [0.2, 0.25) is 0 Å². The first-order valence-electron chi connectivity index (χ1n) is 6.53. The highest BCUT2D eigenvalue weighted by atomic mass is 16.5. The third-order valence-corrected chi connectivity index (χ3v) is 3.91. The van der Waals surface area contributed by atoms with Gasteiger partial charge in [-0.15, -0.1) is 0 Å². The van der Waals surface area contributed by atoms with Crippen LogP contribution in [0.5, 0.6) is 0 Å². The fraction of sp³-hybridized carbons (Fsp3) is 0.833. The van der Waals surface area contributed by atoms with Crippen molar-refractivity contribution in [1.82, 2.24) is 10.2 Å². The molecule has 19 heavy (non-hydrogen) atoms. The molecule has 0 saturated carbocycles. The molecule has 4 atom stereocenters. The smallest absolute Gasteiger partial charge is 0.317 e. The largest absolute Gasteiger partial charge is 0.481 e. The summed E-state index contributed by atoms with van der Waals surface area (Å²) < 4.78 is 5.09. The van der Waals surface area contributed by atoms with Crippen molar-refractivity contribution in [3.63, 3.8) is 0 Å². The van der Waals surface area contributed by atoms with Gasteiger partial charge in [0.05, 0.1) is 25.4 Å². The van der Waals surface area contributed by atoms with Crippen molar-refractivity contribution >= 4 is 12.0 Å². The number of amides is 2. The van der Waals surface area contributed by atoms with Gasteiger partial charge in [0, 0.05) is 13.1 Å². The number of hydrogen-bond donors (Lipinski definition) is 3. The fourth-order valence-corrected chi connectivity index (χ4v) is 2.42. The van der Waals surface area contributed by atoms with E-state index in [0.29, 0.717) is 6.54 Å². The Bertz CT molecular complexity index is 362. The number of nitrogens with one attached hydrogen (secondary N) is 1. The number of piperidine rings is 1. The van der Waals surface area contributed by atoms with Crippen LogP contribution in [0.25, 0.3) is 0 Å². The lowest BCUT2D eigenvalue weighted by Crippen LogP contribution is -2.53. The number of likely N-dealkylation sites (tertiary alicyclic amines) is 1. The number of aliphatic hydroxyl groups is 1. The number of aliphatic carboxylic acids is 1. The summed E-state index contributed by atoms with van der Waals surface area (Å²) in [6.45, 7) is 3.16. The number of urea groups is 1. The molecule has 2 amide bonds. The summed E-state index contributed by atoms with van der Waals surface area (Å²) in [5.74, 6) is -1.47. The Morgan fingerprint density at radius 2 is 2.11 bits per heavy atom. The summed E-state index contributed by atoms with van der Waals surface area (Å²) >= 11 is 0. The van der Waals surface area contributed by atoms with Crippen LogP contribution in [0.4, 0.5) is 4.79 Å². The second kappa shape index (κ2) is 5.75. The average Bonchev–Trinajstić information content (AvgIpc) is 2.80. The van der Waals surface area contributed by atoms with Gasteiger partial charge >= 0.3 is 12.0 Å². The summed E-state index contributed by atoms with van der Waals surface area (Å²) in [6, 6.07) is -0.825. The SMILES string of the molecule is CC1CCN(C(=O)NC2COCC2C(=O)O)CC1O. The Hall–Kier alpha value is -1.34. The van der Waals surface area contributed by atoms with Crippen molar-refractivity contribution < 1.29 is 24.5 Å². The Morgan fingerprint density at radius 3 is 2.74 bits per heavy atom. The molecule has 0 aromatic heterocycles. The predicted octanol–water partition coefficient (Wildman–Crippen LogP) is -0.502. The van der Waals surface area contributed by atoms with E-state index in [4.69, 9.17) is 9.84 Å². The van der Waals surface area contributed by atoms with Gasteiger partial charge < -0.3 is 25.2 Å². The third-order valence-electron chi connectivity index (χ3n) is 3.91. The summed E-state index contributed by atoms with van der Waals surface area (Å²) in [5.41, 5.74) is 0. The fourth-order valence-electron chi connectivity index (χ4n) is 2.42. The summed E-state index contributed by atoms with van der Waals surface area (Å²) in [5, 5.41) is 21.4. The van der Waals surface area contributed by atoms with Gasteiger partial charge in [0.25, 0.3) is 0 Å². The lowest BCUT2D eigenvalue weighted by Gasteiger charge is -2.35. The number of aliphatic hydroxyl groups excluding tert-OH is 1. The molecule has 108 valence electrons. The molecule has 2 aliphatic rings. The molecule has 0 bridgehead atoms. The highest BCUT2D eigenvalue weighted by molar-refractivity contribution is 5.77. The second-order valence-electron chi connectivity index (χ2n) is 5.32. The molecule has 0 aliphatic carbocycles.